The summed E-state index contributed by atoms with van der Waals surface area (Å²) >= 11 is 6.26. The van der Waals surface area contributed by atoms with Crippen LogP contribution < -0.4 is 5.49 Å². The van der Waals surface area contributed by atoms with E-state index in [4.69, 9.17) is 21.7 Å². The van der Waals surface area contributed by atoms with Crippen molar-refractivity contribution in [3.8, 4) is 11.8 Å². The van der Waals surface area contributed by atoms with Gasteiger partial charge in [0.05, 0.1) is 29.6 Å². The summed E-state index contributed by atoms with van der Waals surface area (Å²) in [4.78, 5) is 0. The molecule has 0 radical (unpaired) electrons. The van der Waals surface area contributed by atoms with Crippen LogP contribution in [0.25, 0.3) is 5.69 Å². The predicted molar refractivity (Wildman–Crippen MR) is 77.2 cm³/mol. The van der Waals surface area contributed by atoms with Gasteiger partial charge in [0.25, 0.3) is 0 Å². The third kappa shape index (κ3) is 2.23. The molecule has 1 aromatic heterocycles. The van der Waals surface area contributed by atoms with Crippen molar-refractivity contribution in [1.82, 2.24) is 9.78 Å². The van der Waals surface area contributed by atoms with E-state index in [0.717, 1.165) is 11.1 Å². The summed E-state index contributed by atoms with van der Waals surface area (Å²) in [5.41, 5.74) is 3.46. The van der Waals surface area contributed by atoms with Crippen molar-refractivity contribution in [1.29, 1.82) is 10.7 Å². The van der Waals surface area contributed by atoms with Crippen LogP contribution in [0.15, 0.2) is 18.2 Å². The van der Waals surface area contributed by atoms with Crippen molar-refractivity contribution in [2.75, 3.05) is 6.61 Å². The fraction of sp³-hybridized carbons (Fsp3) is 0.267. The number of hydrogen-bond acceptors (Lipinski definition) is 4. The van der Waals surface area contributed by atoms with Gasteiger partial charge in [0, 0.05) is 5.56 Å². The normalized spacial score (nSPS) is 13.6. The number of rotatable bonds is 1. The van der Waals surface area contributed by atoms with Gasteiger partial charge in [-0.3, -0.25) is 5.41 Å². The molecule has 2 aromatic rings. The third-order valence-corrected chi connectivity index (χ3v) is 3.87. The number of nitrogens with zero attached hydrogens (tertiary/aromatic N) is 3. The van der Waals surface area contributed by atoms with E-state index in [1.807, 2.05) is 19.1 Å². The Bertz CT molecular complexity index is 799. The Balaban J connectivity index is 2.35. The summed E-state index contributed by atoms with van der Waals surface area (Å²) in [7, 11) is 0. The van der Waals surface area contributed by atoms with Gasteiger partial charge in [0.1, 0.15) is 11.6 Å². The Hall–Kier alpha value is -2.16. The highest BCUT2D eigenvalue weighted by atomic mass is 35.5. The Morgan fingerprint density at radius 2 is 2.29 bits per heavy atom. The molecular weight excluding hydrogens is 288 g/mol. The van der Waals surface area contributed by atoms with E-state index >= 15 is 0 Å². The first-order chi connectivity index (χ1) is 10.1. The molecule has 0 atom stereocenters. The SMILES string of the molecule is Cc1cccc(Cl)c1-n1nc2c(c(C#N)c1=N)CCOC2. The summed E-state index contributed by atoms with van der Waals surface area (Å²) in [6.07, 6.45) is 0.611. The summed E-state index contributed by atoms with van der Waals surface area (Å²) in [5.74, 6) is 0. The molecule has 1 aromatic carbocycles. The third-order valence-electron chi connectivity index (χ3n) is 3.57. The van der Waals surface area contributed by atoms with Crippen LogP contribution in [0.3, 0.4) is 0 Å². The van der Waals surface area contributed by atoms with Gasteiger partial charge in [0.2, 0.25) is 0 Å². The maximum atomic E-state index is 9.40. The second-order valence-corrected chi connectivity index (χ2v) is 5.29. The molecule has 0 amide bonds. The number of hydrogen-bond donors (Lipinski definition) is 1. The van der Waals surface area contributed by atoms with E-state index in [-0.39, 0.29) is 5.49 Å². The van der Waals surface area contributed by atoms with Crippen LogP contribution in [0.1, 0.15) is 22.4 Å². The maximum Gasteiger partial charge on any atom is 0.165 e. The van der Waals surface area contributed by atoms with E-state index in [1.54, 1.807) is 6.07 Å². The number of para-hydroxylation sites is 1. The van der Waals surface area contributed by atoms with Gasteiger partial charge in [-0.15, -0.1) is 0 Å². The highest BCUT2D eigenvalue weighted by Crippen LogP contribution is 2.24. The Morgan fingerprint density at radius 3 is 3.00 bits per heavy atom. The topological polar surface area (TPSA) is 74.7 Å². The minimum atomic E-state index is 0.0642. The lowest BCUT2D eigenvalue weighted by molar-refractivity contribution is 0.105. The molecule has 1 aliphatic rings. The summed E-state index contributed by atoms with van der Waals surface area (Å²) in [6.45, 7) is 2.81. The lowest BCUT2D eigenvalue weighted by atomic mass is 10.0. The van der Waals surface area contributed by atoms with Crippen LogP contribution in [-0.4, -0.2) is 16.4 Å². The second kappa shape index (κ2) is 5.32. The highest BCUT2D eigenvalue weighted by molar-refractivity contribution is 6.32. The zero-order valence-corrected chi connectivity index (χ0v) is 12.2. The smallest absolute Gasteiger partial charge is 0.165 e. The second-order valence-electron chi connectivity index (χ2n) is 4.88. The molecular formula is C15H13ClN4O. The largest absolute Gasteiger partial charge is 0.375 e. The van der Waals surface area contributed by atoms with Crippen molar-refractivity contribution in [2.45, 2.75) is 20.0 Å². The number of aryl methyl sites for hydroxylation is 1. The fourth-order valence-electron chi connectivity index (χ4n) is 2.53. The van der Waals surface area contributed by atoms with Crippen LogP contribution in [0.2, 0.25) is 5.02 Å². The Morgan fingerprint density at radius 1 is 1.48 bits per heavy atom. The summed E-state index contributed by atoms with van der Waals surface area (Å²) < 4.78 is 6.84. The molecule has 0 fully saturated rings. The minimum Gasteiger partial charge on any atom is -0.375 e. The molecule has 0 bridgehead atoms. The monoisotopic (exact) mass is 300 g/mol. The number of halogens is 1. The van der Waals surface area contributed by atoms with Crippen molar-refractivity contribution in [2.24, 2.45) is 0 Å². The summed E-state index contributed by atoms with van der Waals surface area (Å²) in [6, 6.07) is 7.62. The Kier molecular flexibility index (Phi) is 3.50. The Labute approximate surface area is 126 Å². The molecule has 0 unspecified atom stereocenters. The average Bonchev–Trinajstić information content (AvgIpc) is 2.47. The average molecular weight is 301 g/mol. The molecule has 106 valence electrons. The van der Waals surface area contributed by atoms with Crippen LogP contribution >= 0.6 is 11.6 Å². The summed E-state index contributed by atoms with van der Waals surface area (Å²) in [5, 5.41) is 22.7. The van der Waals surface area contributed by atoms with Gasteiger partial charge in [-0.05, 0) is 25.0 Å². The zero-order chi connectivity index (χ0) is 15.0. The number of aromatic nitrogens is 2. The standard InChI is InChI=1S/C15H13ClN4O/c1-9-3-2-4-12(16)14(9)20-15(18)11(7-17)10-5-6-21-8-13(10)19-20/h2-4,18H,5-6,8H2,1H3. The van der Waals surface area contributed by atoms with Gasteiger partial charge in [-0.2, -0.15) is 10.4 Å². The molecule has 3 rings (SSSR count). The van der Waals surface area contributed by atoms with Crippen LogP contribution in [-0.2, 0) is 17.8 Å². The van der Waals surface area contributed by atoms with Crippen molar-refractivity contribution >= 4 is 11.6 Å². The first-order valence-corrected chi connectivity index (χ1v) is 6.94. The number of benzene rings is 1. The highest BCUT2D eigenvalue weighted by Gasteiger charge is 2.20. The molecule has 0 saturated heterocycles. The van der Waals surface area contributed by atoms with E-state index in [0.29, 0.717) is 41.6 Å². The quantitative estimate of drug-likeness (QED) is 0.878. The molecule has 5 nitrogen and oxygen atoms in total. The van der Waals surface area contributed by atoms with Crippen molar-refractivity contribution in [3.05, 3.63) is 51.1 Å². The van der Waals surface area contributed by atoms with Crippen molar-refractivity contribution < 1.29 is 4.74 Å². The van der Waals surface area contributed by atoms with Gasteiger partial charge >= 0.3 is 0 Å². The van der Waals surface area contributed by atoms with E-state index in [2.05, 4.69) is 11.2 Å². The van der Waals surface area contributed by atoms with Crippen molar-refractivity contribution in [3.63, 3.8) is 0 Å². The molecule has 1 aliphatic heterocycles. The number of nitrogens with one attached hydrogen (secondary N) is 1. The minimum absolute atomic E-state index is 0.0642. The number of nitriles is 1. The molecule has 0 saturated carbocycles. The maximum absolute atomic E-state index is 9.40. The van der Waals surface area contributed by atoms with Gasteiger partial charge in [-0.1, -0.05) is 23.7 Å². The molecule has 1 N–H and O–H groups in total. The van der Waals surface area contributed by atoms with Crippen LogP contribution in [0.4, 0.5) is 0 Å². The number of fused-ring (bicyclic) bond motifs is 1. The van der Waals surface area contributed by atoms with Crippen LogP contribution in [0.5, 0.6) is 0 Å². The molecule has 2 heterocycles. The van der Waals surface area contributed by atoms with E-state index in [1.165, 1.54) is 4.68 Å². The van der Waals surface area contributed by atoms with E-state index in [9.17, 15) is 5.26 Å². The zero-order valence-electron chi connectivity index (χ0n) is 11.5. The lowest BCUT2D eigenvalue weighted by Gasteiger charge is -2.20. The predicted octanol–water partition coefficient (Wildman–Crippen LogP) is 2.26. The van der Waals surface area contributed by atoms with Gasteiger partial charge in [0.15, 0.2) is 5.49 Å². The molecule has 6 heteroatoms. The molecule has 21 heavy (non-hydrogen) atoms. The first kappa shape index (κ1) is 13.8. The lowest BCUT2D eigenvalue weighted by Crippen LogP contribution is -2.30. The van der Waals surface area contributed by atoms with E-state index < -0.39 is 0 Å². The number of ether oxygens (including phenoxy) is 1. The van der Waals surface area contributed by atoms with Gasteiger partial charge < -0.3 is 4.74 Å². The fourth-order valence-corrected chi connectivity index (χ4v) is 2.83. The molecule has 0 spiro atoms. The van der Waals surface area contributed by atoms with Gasteiger partial charge in [-0.25, -0.2) is 4.68 Å². The van der Waals surface area contributed by atoms with Crippen LogP contribution in [0, 0.1) is 23.7 Å². The molecule has 0 aliphatic carbocycles. The first-order valence-electron chi connectivity index (χ1n) is 6.56.